The van der Waals surface area contributed by atoms with Gasteiger partial charge >= 0.3 is 0 Å². The molecule has 0 saturated carbocycles. The minimum Gasteiger partial charge on any atom is -0.378 e. The maximum absolute atomic E-state index is 12.0. The van der Waals surface area contributed by atoms with Crippen LogP contribution in [0.15, 0.2) is 6.33 Å². The minimum absolute atomic E-state index is 0.104. The molecule has 1 saturated heterocycles. The first-order chi connectivity index (χ1) is 10.2. The molecule has 1 fully saturated rings. The van der Waals surface area contributed by atoms with Crippen molar-refractivity contribution in [3.05, 3.63) is 11.6 Å². The van der Waals surface area contributed by atoms with Crippen LogP contribution >= 0.6 is 11.6 Å². The second-order valence-electron chi connectivity index (χ2n) is 4.61. The van der Waals surface area contributed by atoms with Gasteiger partial charge < -0.3 is 19.9 Å². The molecule has 0 atom stereocenters. The number of hydrogen-bond donors (Lipinski definition) is 2. The number of aromatic nitrogens is 4. The number of nitrogens with zero attached hydrogens (tertiary/aromatic N) is 4. The van der Waals surface area contributed by atoms with E-state index in [1.165, 1.54) is 6.33 Å². The van der Waals surface area contributed by atoms with Gasteiger partial charge in [-0.2, -0.15) is 9.97 Å². The highest BCUT2D eigenvalue weighted by Gasteiger charge is 2.16. The number of rotatable bonds is 4. The Hall–Kier alpha value is -1.93. The molecule has 0 unspecified atom stereocenters. The Kier molecular flexibility index (Phi) is 4.16. The van der Waals surface area contributed by atoms with Gasteiger partial charge in [-0.15, -0.1) is 0 Å². The topological polar surface area (TPSA) is 96.0 Å². The number of morpholine rings is 1. The first-order valence-corrected chi connectivity index (χ1v) is 7.08. The molecule has 2 aromatic heterocycles. The van der Waals surface area contributed by atoms with Crippen molar-refractivity contribution in [3.63, 3.8) is 0 Å². The summed E-state index contributed by atoms with van der Waals surface area (Å²) in [5.41, 5.74) is 1.18. The Balaban J connectivity index is 1.59. The number of halogens is 1. The van der Waals surface area contributed by atoms with Gasteiger partial charge in [0, 0.05) is 26.1 Å². The smallest absolute Gasteiger partial charge is 0.226 e. The lowest BCUT2D eigenvalue weighted by Crippen LogP contribution is -2.41. The number of amides is 1. The van der Waals surface area contributed by atoms with E-state index in [0.29, 0.717) is 56.3 Å². The monoisotopic (exact) mass is 310 g/mol. The normalized spacial score (nSPS) is 15.4. The Morgan fingerprint density at radius 2 is 2.24 bits per heavy atom. The second kappa shape index (κ2) is 6.23. The summed E-state index contributed by atoms with van der Waals surface area (Å²) in [6.07, 6.45) is 1.91. The third-order valence-corrected chi connectivity index (χ3v) is 3.42. The van der Waals surface area contributed by atoms with Crippen LogP contribution in [0.4, 0.5) is 5.82 Å². The molecule has 2 N–H and O–H groups in total. The van der Waals surface area contributed by atoms with Crippen LogP contribution in [0, 0.1) is 0 Å². The predicted molar refractivity (Wildman–Crippen MR) is 77.2 cm³/mol. The van der Waals surface area contributed by atoms with E-state index < -0.39 is 0 Å². The number of carbonyl (C=O) groups is 1. The molecule has 0 aliphatic carbocycles. The summed E-state index contributed by atoms with van der Waals surface area (Å²) in [7, 11) is 0. The predicted octanol–water partition coefficient (Wildman–Crippen LogP) is 0.667. The summed E-state index contributed by atoms with van der Waals surface area (Å²) in [5.74, 6) is 0.657. The van der Waals surface area contributed by atoms with E-state index in [-0.39, 0.29) is 11.2 Å². The van der Waals surface area contributed by atoms with Crippen molar-refractivity contribution in [1.29, 1.82) is 0 Å². The van der Waals surface area contributed by atoms with Gasteiger partial charge in [0.2, 0.25) is 11.2 Å². The first kappa shape index (κ1) is 14.0. The van der Waals surface area contributed by atoms with Crippen LogP contribution in [0.3, 0.4) is 0 Å². The van der Waals surface area contributed by atoms with Gasteiger partial charge in [0.05, 0.1) is 19.5 Å². The van der Waals surface area contributed by atoms with E-state index in [4.69, 9.17) is 16.3 Å². The zero-order valence-electron chi connectivity index (χ0n) is 11.3. The maximum atomic E-state index is 12.0. The minimum atomic E-state index is 0.104. The molecule has 0 bridgehead atoms. The molecule has 3 rings (SSSR count). The first-order valence-electron chi connectivity index (χ1n) is 6.70. The summed E-state index contributed by atoms with van der Waals surface area (Å²) < 4.78 is 5.22. The van der Waals surface area contributed by atoms with E-state index in [9.17, 15) is 4.79 Å². The lowest BCUT2D eigenvalue weighted by atomic mass is 10.3. The molecule has 0 aromatic carbocycles. The van der Waals surface area contributed by atoms with E-state index in [2.05, 4.69) is 25.3 Å². The molecule has 112 valence electrons. The molecule has 2 aromatic rings. The molecule has 21 heavy (non-hydrogen) atoms. The van der Waals surface area contributed by atoms with Crippen molar-refractivity contribution in [2.45, 2.75) is 6.42 Å². The summed E-state index contributed by atoms with van der Waals surface area (Å²) in [5, 5.41) is 3.22. The van der Waals surface area contributed by atoms with Gasteiger partial charge in [0.25, 0.3) is 0 Å². The van der Waals surface area contributed by atoms with E-state index in [0.717, 1.165) is 0 Å². The van der Waals surface area contributed by atoms with Gasteiger partial charge in [-0.1, -0.05) is 0 Å². The van der Waals surface area contributed by atoms with Gasteiger partial charge in [-0.05, 0) is 11.6 Å². The number of aromatic amines is 1. The van der Waals surface area contributed by atoms with Crippen molar-refractivity contribution in [3.8, 4) is 0 Å². The number of nitrogens with one attached hydrogen (secondary N) is 2. The highest BCUT2D eigenvalue weighted by Crippen LogP contribution is 2.18. The zero-order chi connectivity index (χ0) is 14.7. The number of anilines is 1. The number of ether oxygens (including phenoxy) is 1. The standard InChI is InChI=1S/C12H15ClN6O2/c13-12-17-10(9-11(18-12)16-7-15-9)14-2-1-8(20)19-3-5-21-6-4-19/h7H,1-6H2,(H2,14,15,16,17,18). The van der Waals surface area contributed by atoms with Crippen molar-refractivity contribution in [1.82, 2.24) is 24.8 Å². The lowest BCUT2D eigenvalue weighted by Gasteiger charge is -2.26. The Morgan fingerprint density at radius 1 is 1.43 bits per heavy atom. The summed E-state index contributed by atoms with van der Waals surface area (Å²) in [6, 6.07) is 0. The average molecular weight is 311 g/mol. The molecular formula is C12H15ClN6O2. The number of carbonyl (C=O) groups excluding carboxylic acids is 1. The van der Waals surface area contributed by atoms with Crippen molar-refractivity contribution in [2.24, 2.45) is 0 Å². The molecule has 1 amide bonds. The SMILES string of the molecule is O=C(CCNc1nc(Cl)nc2nc[nH]c12)N1CCOCC1. The van der Waals surface area contributed by atoms with Gasteiger partial charge in [0.15, 0.2) is 11.5 Å². The van der Waals surface area contributed by atoms with Crippen LogP contribution in [-0.2, 0) is 9.53 Å². The quantitative estimate of drug-likeness (QED) is 0.806. The third-order valence-electron chi connectivity index (χ3n) is 3.25. The highest BCUT2D eigenvalue weighted by molar-refractivity contribution is 6.28. The summed E-state index contributed by atoms with van der Waals surface area (Å²) in [4.78, 5) is 28.9. The molecule has 1 aliphatic heterocycles. The molecular weight excluding hydrogens is 296 g/mol. The molecule has 8 nitrogen and oxygen atoms in total. The Morgan fingerprint density at radius 3 is 3.05 bits per heavy atom. The van der Waals surface area contributed by atoms with Crippen molar-refractivity contribution >= 4 is 34.5 Å². The molecule has 9 heteroatoms. The molecule has 0 radical (unpaired) electrons. The number of imidazole rings is 1. The second-order valence-corrected chi connectivity index (χ2v) is 4.95. The van der Waals surface area contributed by atoms with Gasteiger partial charge in [-0.3, -0.25) is 4.79 Å². The molecule has 1 aliphatic rings. The highest BCUT2D eigenvalue weighted by atomic mass is 35.5. The number of fused-ring (bicyclic) bond motifs is 1. The van der Waals surface area contributed by atoms with Crippen molar-refractivity contribution in [2.75, 3.05) is 38.2 Å². The van der Waals surface area contributed by atoms with Crippen LogP contribution in [0.5, 0.6) is 0 Å². The van der Waals surface area contributed by atoms with E-state index >= 15 is 0 Å². The van der Waals surface area contributed by atoms with Crippen molar-refractivity contribution < 1.29 is 9.53 Å². The Labute approximate surface area is 125 Å². The fraction of sp³-hybridized carbons (Fsp3) is 0.500. The van der Waals surface area contributed by atoms with E-state index in [1.54, 1.807) is 0 Å². The number of H-pyrrole nitrogens is 1. The lowest BCUT2D eigenvalue weighted by molar-refractivity contribution is -0.134. The zero-order valence-corrected chi connectivity index (χ0v) is 12.1. The maximum Gasteiger partial charge on any atom is 0.226 e. The van der Waals surface area contributed by atoms with Crippen LogP contribution in [-0.4, -0.2) is 63.6 Å². The van der Waals surface area contributed by atoms with E-state index in [1.807, 2.05) is 4.90 Å². The fourth-order valence-electron chi connectivity index (χ4n) is 2.19. The molecule has 0 spiro atoms. The van der Waals surface area contributed by atoms with Crippen LogP contribution in [0.1, 0.15) is 6.42 Å². The van der Waals surface area contributed by atoms with Crippen LogP contribution in [0.25, 0.3) is 11.2 Å². The molecule has 3 heterocycles. The van der Waals surface area contributed by atoms with Crippen LogP contribution < -0.4 is 5.32 Å². The van der Waals surface area contributed by atoms with Gasteiger partial charge in [0.1, 0.15) is 5.52 Å². The fourth-order valence-corrected chi connectivity index (χ4v) is 2.36. The van der Waals surface area contributed by atoms with Gasteiger partial charge in [-0.25, -0.2) is 4.98 Å². The third kappa shape index (κ3) is 3.22. The summed E-state index contributed by atoms with van der Waals surface area (Å²) >= 11 is 5.84. The largest absolute Gasteiger partial charge is 0.378 e. The summed E-state index contributed by atoms with van der Waals surface area (Å²) in [6.45, 7) is 2.99. The Bertz CT molecular complexity index is 640. The van der Waals surface area contributed by atoms with Crippen LogP contribution in [0.2, 0.25) is 5.28 Å². The number of hydrogen-bond acceptors (Lipinski definition) is 6. The average Bonchev–Trinajstić information content (AvgIpc) is 2.96.